The molecule has 135 heavy (non-hydrogen) atoms. The zero-order valence-corrected chi connectivity index (χ0v) is 82.7. The van der Waals surface area contributed by atoms with Gasteiger partial charge in [0.2, 0.25) is 0 Å². The number of rotatable bonds is 9. The van der Waals surface area contributed by atoms with Gasteiger partial charge >= 0.3 is 0 Å². The molecule has 0 unspecified atom stereocenters. The highest BCUT2D eigenvalue weighted by Crippen LogP contribution is 2.56. The predicted molar refractivity (Wildman–Crippen MR) is 584 cm³/mol. The molecule has 20 aromatic rings. The number of fused-ring (bicyclic) bond motifs is 16. The first-order valence-electron chi connectivity index (χ1n) is 52.2. The summed E-state index contributed by atoms with van der Waals surface area (Å²) in [6.45, 7) is 55.1. The van der Waals surface area contributed by atoms with Crippen molar-refractivity contribution in [2.75, 3.05) is 9.80 Å². The van der Waals surface area contributed by atoms with Gasteiger partial charge in [-0.3, -0.25) is 0 Å². The van der Waals surface area contributed by atoms with Crippen LogP contribution in [0.5, 0.6) is 0 Å². The molecule has 0 saturated heterocycles. The summed E-state index contributed by atoms with van der Waals surface area (Å²) in [6, 6.07) is 101. The average molecular weight is 1770 g/mol. The molecule has 7 heteroatoms. The molecule has 4 aromatic heterocycles. The largest absolute Gasteiger partial charge is 0.310 e. The number of benzene rings is 16. The Kier molecular flexibility index (Phi) is 17.5. The number of aromatic nitrogens is 4. The summed E-state index contributed by atoms with van der Waals surface area (Å²) in [7, 11) is 0. The topological polar surface area (TPSA) is 26.2 Å². The quantitative estimate of drug-likeness (QED) is 0.135. The Labute approximate surface area is 809 Å². The van der Waals surface area contributed by atoms with Gasteiger partial charge in [0.05, 0.1) is 77.8 Å². The maximum Gasteiger partial charge on any atom is 0.252 e. The molecule has 0 N–H and O–H groups in total. The minimum Gasteiger partial charge on any atom is -0.310 e. The van der Waals surface area contributed by atoms with Gasteiger partial charge in [-0.05, 0) is 254 Å². The number of hydrogen-bond acceptors (Lipinski definition) is 2. The second-order valence-electron chi connectivity index (χ2n) is 46.6. The molecule has 2 aliphatic heterocycles. The molecule has 0 atom stereocenters. The normalized spacial score (nSPS) is 14.4. The first kappa shape index (κ1) is 77.8. The Morgan fingerprint density at radius 3 is 1.06 bits per heavy atom. The van der Waals surface area contributed by atoms with Crippen LogP contribution in [0.15, 0.2) is 321 Å². The van der Waals surface area contributed by atoms with Crippen molar-refractivity contribution in [1.29, 1.82) is 0 Å². The van der Waals surface area contributed by atoms with Crippen LogP contribution in [0.3, 0.4) is 0 Å². The van der Waals surface area contributed by atoms with Gasteiger partial charge in [-0.1, -0.05) is 360 Å². The van der Waals surface area contributed by atoms with Crippen LogP contribution in [0.25, 0.3) is 143 Å². The molecule has 0 fully saturated rings. The summed E-state index contributed by atoms with van der Waals surface area (Å²) >= 11 is 0. The SMILES string of the molecule is [2H]c1c([2H])c([2H])c2c(c1[2H])c1c([2H])c([2H])c([2H])c([2H])c1n2-c1cccc2c3cccc(N4c5cc(-c6cc(C(C)(C)C)cc(C(C)(C)C)c6)ccc5B5c6ccc(-n7c8ccc(C(C)(C)C)cc8c8cc(C(C)(C)C)ccc87)cc6N(c6c(-c7ccccc7)cc(C(C)(C)C)cc6-c6ccc(C(C)(C)C)cc6)c6cc(-n7c8ccc(C(C)(C)C)cc8c8cc(C(C)(C)C)ccc87)cc4c65)c3n(-c3ccccc3)c12. The minimum atomic E-state index is -0.505. The van der Waals surface area contributed by atoms with Crippen molar-refractivity contribution in [2.24, 2.45) is 0 Å². The summed E-state index contributed by atoms with van der Waals surface area (Å²) in [6.07, 6.45) is 0. The molecule has 670 valence electrons. The Morgan fingerprint density at radius 2 is 0.593 bits per heavy atom. The molecule has 0 amide bonds. The van der Waals surface area contributed by atoms with E-state index < -0.39 is 43.0 Å². The third-order valence-electron chi connectivity index (χ3n) is 29.2. The van der Waals surface area contributed by atoms with Crippen molar-refractivity contribution in [3.8, 4) is 56.1 Å². The maximum absolute atomic E-state index is 10.1. The lowest BCUT2D eigenvalue weighted by molar-refractivity contribution is 0.569. The van der Waals surface area contributed by atoms with Crippen molar-refractivity contribution in [3.63, 3.8) is 0 Å². The monoisotopic (exact) mass is 1770 g/mol. The van der Waals surface area contributed by atoms with Gasteiger partial charge in [-0.15, -0.1) is 0 Å². The van der Waals surface area contributed by atoms with Crippen LogP contribution in [0.2, 0.25) is 0 Å². The lowest BCUT2D eigenvalue weighted by Gasteiger charge is -2.45. The van der Waals surface area contributed by atoms with Crippen LogP contribution in [-0.4, -0.2) is 25.0 Å². The Balaban J connectivity index is 0.968. The molecule has 22 rings (SSSR count). The highest BCUT2D eigenvalue weighted by Gasteiger charge is 2.47. The summed E-state index contributed by atoms with van der Waals surface area (Å²) in [5, 5.41) is 6.35. The van der Waals surface area contributed by atoms with Gasteiger partial charge in [0.1, 0.15) is 0 Å². The molecule has 0 saturated carbocycles. The Bertz CT molecular complexity index is 8560. The predicted octanol–water partition coefficient (Wildman–Crippen LogP) is 33.5. The van der Waals surface area contributed by atoms with Crippen molar-refractivity contribution < 1.29 is 11.0 Å². The highest BCUT2D eigenvalue weighted by molar-refractivity contribution is 7.00. The second kappa shape index (κ2) is 30.4. The standard InChI is InChI=1S/C128H125BN6/c1-121(2,3)82-52-49-79(50-53-82)98-74-89(128(22,23)24)73-97(78-37-27-25-28-38-78)118(98)135-114-75-91(130-107-61-54-83(122(4,5)6)69-99(107)100-70-84(123(7,8)9)55-62-108(100)130)58-60-104(114)129-103-59-51-80(81-65-87(126(16,17)18)68-88(66-81)127(19,20)21)67-113(103)134(115-76-92(77-116(135)117(115)129)131-109-63-56-85(124(10,11)12)71-101(109)102-72-86(125(13,14)15)57-64-110(102)131)112-48-36-44-96-95-43-35-47-111(119(95)132(120(96)112)90-39-29-26-30-40-90)133-105-45-33-31-41-93(105)94-42-32-34-46-106(94)133/h25-77H,1-24H3/i31D,32D,33D,34D,41D,42D,45D,46D. The van der Waals surface area contributed by atoms with Crippen LogP contribution in [-0.2, 0) is 43.3 Å². The van der Waals surface area contributed by atoms with E-state index in [0.717, 1.165) is 150 Å². The van der Waals surface area contributed by atoms with Crippen molar-refractivity contribution in [3.05, 3.63) is 366 Å². The summed E-state index contributed by atoms with van der Waals surface area (Å²) in [5.74, 6) is 0. The van der Waals surface area contributed by atoms with E-state index in [-0.39, 0.29) is 77.2 Å². The van der Waals surface area contributed by atoms with E-state index in [2.05, 4.69) is 432 Å². The zero-order chi connectivity index (χ0) is 101. The van der Waals surface area contributed by atoms with E-state index >= 15 is 0 Å². The lowest BCUT2D eigenvalue weighted by Crippen LogP contribution is -2.61. The summed E-state index contributed by atoms with van der Waals surface area (Å²) in [4.78, 5) is 5.30. The molecule has 6 heterocycles. The van der Waals surface area contributed by atoms with Gasteiger partial charge in [0.15, 0.2) is 0 Å². The lowest BCUT2D eigenvalue weighted by atomic mass is 9.33. The van der Waals surface area contributed by atoms with E-state index in [0.29, 0.717) is 11.2 Å². The summed E-state index contributed by atoms with van der Waals surface area (Å²) < 4.78 is 86.2. The van der Waals surface area contributed by atoms with Gasteiger partial charge in [-0.2, -0.15) is 0 Å². The molecule has 0 aliphatic carbocycles. The molecular formula is C128H125BN6. The number of hydrogen-bond donors (Lipinski definition) is 0. The number of anilines is 6. The van der Waals surface area contributed by atoms with E-state index in [1.807, 2.05) is 30.3 Å². The molecule has 0 spiro atoms. The average Bonchev–Trinajstić information content (AvgIpc) is 1.64. The van der Waals surface area contributed by atoms with Crippen molar-refractivity contribution in [1.82, 2.24) is 18.3 Å². The van der Waals surface area contributed by atoms with Crippen LogP contribution in [0, 0.1) is 0 Å². The third-order valence-corrected chi connectivity index (χ3v) is 29.2. The molecule has 2 aliphatic rings. The Morgan fingerprint density at radius 1 is 0.215 bits per heavy atom. The fourth-order valence-corrected chi connectivity index (χ4v) is 21.5. The first-order valence-corrected chi connectivity index (χ1v) is 48.2. The van der Waals surface area contributed by atoms with Gasteiger partial charge in [0.25, 0.3) is 6.71 Å². The summed E-state index contributed by atoms with van der Waals surface area (Å²) in [5.41, 5.74) is 32.6. The zero-order valence-electron chi connectivity index (χ0n) is 90.7. The fourth-order valence-electron chi connectivity index (χ4n) is 21.5. The molecule has 0 radical (unpaired) electrons. The van der Waals surface area contributed by atoms with Gasteiger partial charge in [0, 0.05) is 88.3 Å². The van der Waals surface area contributed by atoms with Crippen LogP contribution < -0.4 is 26.2 Å². The van der Waals surface area contributed by atoms with Crippen molar-refractivity contribution in [2.45, 2.75) is 209 Å². The Hall–Kier alpha value is -13.6. The number of para-hydroxylation sites is 5. The number of nitrogens with zero attached hydrogens (tertiary/aromatic N) is 6. The van der Waals surface area contributed by atoms with Gasteiger partial charge in [-0.25, -0.2) is 0 Å². The van der Waals surface area contributed by atoms with E-state index in [1.165, 1.54) is 55.3 Å². The second-order valence-corrected chi connectivity index (χ2v) is 46.6. The molecule has 0 bridgehead atoms. The third kappa shape index (κ3) is 14.2. The van der Waals surface area contributed by atoms with Crippen LogP contribution >= 0.6 is 0 Å². The van der Waals surface area contributed by atoms with Gasteiger partial charge < -0.3 is 28.1 Å². The van der Waals surface area contributed by atoms with Crippen molar-refractivity contribution >= 4 is 144 Å². The molecule has 16 aromatic carbocycles. The first-order chi connectivity index (χ1) is 67.3. The fraction of sp³-hybridized carbons (Fsp3) is 0.250. The smallest absolute Gasteiger partial charge is 0.252 e. The van der Waals surface area contributed by atoms with Crippen LogP contribution in [0.1, 0.15) is 222 Å². The van der Waals surface area contributed by atoms with E-state index in [1.54, 1.807) is 4.57 Å². The highest BCUT2D eigenvalue weighted by atomic mass is 15.2. The minimum absolute atomic E-state index is 0.00255. The molecule has 6 nitrogen and oxygen atoms in total. The van der Waals surface area contributed by atoms with Crippen LogP contribution in [0.4, 0.5) is 34.1 Å². The molecular weight excluding hydrogens is 1630 g/mol. The van der Waals surface area contributed by atoms with E-state index in [4.69, 9.17) is 0 Å². The van der Waals surface area contributed by atoms with E-state index in [9.17, 15) is 11.0 Å². The maximum atomic E-state index is 10.1.